The third-order valence-corrected chi connectivity index (χ3v) is 3.96. The summed E-state index contributed by atoms with van der Waals surface area (Å²) in [7, 11) is 0. The van der Waals surface area contributed by atoms with Gasteiger partial charge in [0, 0.05) is 5.02 Å². The Labute approximate surface area is 144 Å². The van der Waals surface area contributed by atoms with Crippen molar-refractivity contribution < 1.29 is 4.79 Å². The molecule has 1 amide bonds. The van der Waals surface area contributed by atoms with E-state index in [0.717, 1.165) is 11.4 Å². The average Bonchev–Trinajstić information content (AvgIpc) is 3.23. The predicted octanol–water partition coefficient (Wildman–Crippen LogP) is 2.88. The monoisotopic (exact) mass is 344 g/mol. The van der Waals surface area contributed by atoms with Crippen LogP contribution in [0.4, 0.5) is 5.69 Å². The maximum Gasteiger partial charge on any atom is 0.249 e. The summed E-state index contributed by atoms with van der Waals surface area (Å²) < 4.78 is 3.28. The molecule has 3 aromatic rings. The summed E-state index contributed by atoms with van der Waals surface area (Å²) in [6, 6.07) is 6.96. The van der Waals surface area contributed by atoms with E-state index < -0.39 is 6.04 Å². The van der Waals surface area contributed by atoms with Crippen LogP contribution in [0.15, 0.2) is 43.1 Å². The van der Waals surface area contributed by atoms with Gasteiger partial charge in [-0.15, -0.1) is 0 Å². The van der Waals surface area contributed by atoms with Crippen LogP contribution < -0.4 is 5.32 Å². The molecule has 7 nitrogen and oxygen atoms in total. The fourth-order valence-electron chi connectivity index (χ4n) is 2.42. The second kappa shape index (κ2) is 6.84. The third kappa shape index (κ3) is 3.16. The van der Waals surface area contributed by atoms with Crippen molar-refractivity contribution in [1.82, 2.24) is 24.5 Å². The standard InChI is InChI=1S/C16H17ClN6O/c1-3-15-14(21-16(24)11(2)22-10-18-9-20-22)8-19-23(15)13-6-4-5-12(17)7-13/h4-11H,3H2,1-2H3,(H,21,24). The lowest BCUT2D eigenvalue weighted by molar-refractivity contribution is -0.119. The molecule has 0 spiro atoms. The normalized spacial score (nSPS) is 12.1. The molecule has 0 aliphatic heterocycles. The summed E-state index contributed by atoms with van der Waals surface area (Å²) in [5.74, 6) is -0.180. The number of hydrogen-bond donors (Lipinski definition) is 1. The first-order valence-electron chi connectivity index (χ1n) is 7.58. The van der Waals surface area contributed by atoms with E-state index in [-0.39, 0.29) is 5.91 Å². The Bertz CT molecular complexity index is 842. The zero-order valence-electron chi connectivity index (χ0n) is 13.3. The second-order valence-electron chi connectivity index (χ2n) is 5.29. The topological polar surface area (TPSA) is 77.6 Å². The van der Waals surface area contributed by atoms with E-state index in [9.17, 15) is 4.79 Å². The number of rotatable bonds is 5. The quantitative estimate of drug-likeness (QED) is 0.772. The van der Waals surface area contributed by atoms with Gasteiger partial charge in [-0.2, -0.15) is 10.2 Å². The molecule has 8 heteroatoms. The van der Waals surface area contributed by atoms with Gasteiger partial charge < -0.3 is 5.32 Å². The largest absolute Gasteiger partial charge is 0.321 e. The molecule has 1 aromatic carbocycles. The highest BCUT2D eigenvalue weighted by Crippen LogP contribution is 2.22. The highest BCUT2D eigenvalue weighted by molar-refractivity contribution is 6.30. The van der Waals surface area contributed by atoms with Crippen LogP contribution in [0.3, 0.4) is 0 Å². The Balaban J connectivity index is 1.86. The molecule has 1 N–H and O–H groups in total. The van der Waals surface area contributed by atoms with Crippen molar-refractivity contribution in [2.75, 3.05) is 5.32 Å². The van der Waals surface area contributed by atoms with Crippen LogP contribution >= 0.6 is 11.6 Å². The van der Waals surface area contributed by atoms with Gasteiger partial charge in [-0.05, 0) is 31.5 Å². The van der Waals surface area contributed by atoms with Crippen LogP contribution in [0.2, 0.25) is 5.02 Å². The number of nitrogens with one attached hydrogen (secondary N) is 1. The molecule has 2 heterocycles. The lowest BCUT2D eigenvalue weighted by Crippen LogP contribution is -2.24. The molecule has 0 saturated heterocycles. The van der Waals surface area contributed by atoms with E-state index in [1.54, 1.807) is 17.8 Å². The molecule has 2 aromatic heterocycles. The van der Waals surface area contributed by atoms with Crippen molar-refractivity contribution in [2.24, 2.45) is 0 Å². The van der Waals surface area contributed by atoms with E-state index in [1.807, 2.05) is 31.2 Å². The molecule has 3 rings (SSSR count). The molecule has 0 aliphatic carbocycles. The number of benzene rings is 1. The number of carbonyl (C=O) groups is 1. The summed E-state index contributed by atoms with van der Waals surface area (Å²) in [6.07, 6.45) is 5.27. The zero-order chi connectivity index (χ0) is 17.1. The molecule has 0 radical (unpaired) electrons. The number of amides is 1. The minimum atomic E-state index is -0.466. The van der Waals surface area contributed by atoms with E-state index in [0.29, 0.717) is 17.1 Å². The van der Waals surface area contributed by atoms with E-state index in [4.69, 9.17) is 11.6 Å². The van der Waals surface area contributed by atoms with Gasteiger partial charge in [-0.25, -0.2) is 14.3 Å². The number of carbonyl (C=O) groups excluding carboxylic acids is 1. The lowest BCUT2D eigenvalue weighted by atomic mass is 10.2. The number of anilines is 1. The second-order valence-corrected chi connectivity index (χ2v) is 5.73. The molecule has 0 saturated carbocycles. The Morgan fingerprint density at radius 2 is 2.21 bits per heavy atom. The van der Waals surface area contributed by atoms with Gasteiger partial charge >= 0.3 is 0 Å². The van der Waals surface area contributed by atoms with Gasteiger partial charge in [0.25, 0.3) is 0 Å². The van der Waals surface area contributed by atoms with Gasteiger partial charge in [0.2, 0.25) is 5.91 Å². The summed E-state index contributed by atoms with van der Waals surface area (Å²) in [5.41, 5.74) is 2.43. The molecule has 1 unspecified atom stereocenters. The SMILES string of the molecule is CCc1c(NC(=O)C(C)n2cncn2)cnn1-c1cccc(Cl)c1. The van der Waals surface area contributed by atoms with Crippen LogP contribution in [0.1, 0.15) is 25.6 Å². The van der Waals surface area contributed by atoms with Crippen LogP contribution in [0, 0.1) is 0 Å². The number of hydrogen-bond acceptors (Lipinski definition) is 4. The Morgan fingerprint density at radius 3 is 2.88 bits per heavy atom. The number of nitrogens with zero attached hydrogens (tertiary/aromatic N) is 5. The van der Waals surface area contributed by atoms with Crippen molar-refractivity contribution in [1.29, 1.82) is 0 Å². The molecule has 0 aliphatic rings. The summed E-state index contributed by atoms with van der Waals surface area (Å²) in [5, 5.41) is 11.9. The van der Waals surface area contributed by atoms with Gasteiger partial charge in [0.05, 0.1) is 23.3 Å². The fraction of sp³-hybridized carbons (Fsp3) is 0.250. The average molecular weight is 345 g/mol. The molecule has 0 fully saturated rings. The predicted molar refractivity (Wildman–Crippen MR) is 91.3 cm³/mol. The minimum absolute atomic E-state index is 0.180. The van der Waals surface area contributed by atoms with Crippen molar-refractivity contribution in [3.05, 3.63) is 53.8 Å². The van der Waals surface area contributed by atoms with E-state index in [1.165, 1.54) is 17.3 Å². The highest BCUT2D eigenvalue weighted by Gasteiger charge is 2.19. The lowest BCUT2D eigenvalue weighted by Gasteiger charge is -2.13. The first kappa shape index (κ1) is 16.2. The maximum absolute atomic E-state index is 12.4. The fourth-order valence-corrected chi connectivity index (χ4v) is 2.61. The summed E-state index contributed by atoms with van der Waals surface area (Å²) in [4.78, 5) is 16.3. The van der Waals surface area contributed by atoms with Crippen LogP contribution in [-0.2, 0) is 11.2 Å². The van der Waals surface area contributed by atoms with Crippen LogP contribution in [-0.4, -0.2) is 30.5 Å². The van der Waals surface area contributed by atoms with Crippen molar-refractivity contribution >= 4 is 23.2 Å². The van der Waals surface area contributed by atoms with E-state index >= 15 is 0 Å². The molecule has 124 valence electrons. The number of aromatic nitrogens is 5. The van der Waals surface area contributed by atoms with Crippen molar-refractivity contribution in [2.45, 2.75) is 26.3 Å². The molecule has 24 heavy (non-hydrogen) atoms. The summed E-state index contributed by atoms with van der Waals surface area (Å²) in [6.45, 7) is 3.77. The van der Waals surface area contributed by atoms with Crippen LogP contribution in [0.5, 0.6) is 0 Å². The van der Waals surface area contributed by atoms with Gasteiger partial charge in [0.15, 0.2) is 0 Å². The number of halogens is 1. The van der Waals surface area contributed by atoms with Crippen molar-refractivity contribution in [3.8, 4) is 5.69 Å². The highest BCUT2D eigenvalue weighted by atomic mass is 35.5. The van der Waals surface area contributed by atoms with Gasteiger partial charge in [-0.3, -0.25) is 4.79 Å². The molecular weight excluding hydrogens is 328 g/mol. The summed E-state index contributed by atoms with van der Waals surface area (Å²) >= 11 is 6.05. The minimum Gasteiger partial charge on any atom is -0.321 e. The smallest absolute Gasteiger partial charge is 0.249 e. The maximum atomic E-state index is 12.4. The third-order valence-electron chi connectivity index (χ3n) is 3.73. The van der Waals surface area contributed by atoms with Gasteiger partial charge in [0.1, 0.15) is 18.7 Å². The first-order chi connectivity index (χ1) is 11.6. The van der Waals surface area contributed by atoms with Gasteiger partial charge in [-0.1, -0.05) is 24.6 Å². The Hall–Kier alpha value is -2.67. The molecular formula is C16H17ClN6O. The molecule has 1 atom stereocenters. The molecule has 0 bridgehead atoms. The van der Waals surface area contributed by atoms with E-state index in [2.05, 4.69) is 20.5 Å². The Kier molecular flexibility index (Phi) is 4.61. The Morgan fingerprint density at radius 1 is 1.38 bits per heavy atom. The zero-order valence-corrected chi connectivity index (χ0v) is 14.1. The first-order valence-corrected chi connectivity index (χ1v) is 7.95. The van der Waals surface area contributed by atoms with Crippen molar-refractivity contribution in [3.63, 3.8) is 0 Å². The van der Waals surface area contributed by atoms with Crippen LogP contribution in [0.25, 0.3) is 5.69 Å².